The first-order valence-corrected chi connectivity index (χ1v) is 9.39. The molecular formula is C19H26N4O5. The third kappa shape index (κ3) is 7.35. The van der Waals surface area contributed by atoms with E-state index in [1.54, 1.807) is 0 Å². The molecular weight excluding hydrogens is 364 g/mol. The normalized spacial score (nSPS) is 18.6. The van der Waals surface area contributed by atoms with Crippen LogP contribution in [0, 0.1) is 0 Å². The molecule has 0 bridgehead atoms. The fourth-order valence-corrected chi connectivity index (χ4v) is 2.58. The van der Waals surface area contributed by atoms with Gasteiger partial charge in [-0.3, -0.25) is 0 Å². The van der Waals surface area contributed by atoms with E-state index in [9.17, 15) is 0 Å². The monoisotopic (exact) mass is 390 g/mol. The third-order valence-electron chi connectivity index (χ3n) is 4.01. The Hall–Kier alpha value is -2.33. The number of azo groups is 1. The van der Waals surface area contributed by atoms with Gasteiger partial charge in [-0.25, -0.2) is 0 Å². The molecule has 0 radical (unpaired) electrons. The number of nitrogens with zero attached hydrogens (tertiary/aromatic N) is 4. The van der Waals surface area contributed by atoms with E-state index in [-0.39, 0.29) is 6.01 Å². The highest BCUT2D eigenvalue weighted by molar-refractivity contribution is 5.52. The van der Waals surface area contributed by atoms with E-state index in [1.807, 2.05) is 24.3 Å². The molecule has 1 aliphatic heterocycles. The zero-order chi connectivity index (χ0) is 19.3. The van der Waals surface area contributed by atoms with Gasteiger partial charge in [0.1, 0.15) is 6.26 Å². The number of ether oxygens (including phenoxy) is 4. The predicted molar refractivity (Wildman–Crippen MR) is 103 cm³/mol. The molecule has 0 N–H and O–H groups in total. The van der Waals surface area contributed by atoms with Gasteiger partial charge in [-0.1, -0.05) is 5.11 Å². The summed E-state index contributed by atoms with van der Waals surface area (Å²) in [7, 11) is 0. The molecule has 3 rings (SSSR count). The number of aromatic nitrogens is 1. The van der Waals surface area contributed by atoms with Crippen molar-refractivity contribution in [3.63, 3.8) is 0 Å². The van der Waals surface area contributed by atoms with Crippen LogP contribution in [0.4, 0.5) is 17.4 Å². The van der Waals surface area contributed by atoms with Crippen LogP contribution in [0.5, 0.6) is 0 Å². The lowest BCUT2D eigenvalue weighted by Crippen LogP contribution is -2.31. The van der Waals surface area contributed by atoms with Crippen molar-refractivity contribution in [1.82, 2.24) is 4.98 Å². The second kappa shape index (κ2) is 12.2. The van der Waals surface area contributed by atoms with Gasteiger partial charge in [0.2, 0.25) is 0 Å². The number of anilines is 1. The van der Waals surface area contributed by atoms with Crippen molar-refractivity contribution in [2.75, 3.05) is 70.8 Å². The third-order valence-corrected chi connectivity index (χ3v) is 4.01. The van der Waals surface area contributed by atoms with Gasteiger partial charge >= 0.3 is 6.01 Å². The molecule has 1 fully saturated rings. The average Bonchev–Trinajstić information content (AvgIpc) is 3.24. The van der Waals surface area contributed by atoms with Crippen LogP contribution in [0.15, 0.2) is 51.4 Å². The van der Waals surface area contributed by atoms with Gasteiger partial charge in [-0.2, -0.15) is 4.98 Å². The molecule has 2 aromatic rings. The zero-order valence-electron chi connectivity index (χ0n) is 15.9. The molecule has 0 aliphatic carbocycles. The van der Waals surface area contributed by atoms with Crippen LogP contribution in [-0.4, -0.2) is 70.9 Å². The second-order valence-electron chi connectivity index (χ2n) is 5.97. The lowest BCUT2D eigenvalue weighted by molar-refractivity contribution is 0.00206. The van der Waals surface area contributed by atoms with Crippen molar-refractivity contribution in [2.45, 2.75) is 0 Å². The molecule has 2 heterocycles. The van der Waals surface area contributed by atoms with Crippen LogP contribution in [0.25, 0.3) is 0 Å². The summed E-state index contributed by atoms with van der Waals surface area (Å²) in [6.45, 7) is 6.21. The standard InChI is InChI=1S/C19H26N4O5/c1-3-18(4-2-17(1)21-22-19-20-5-8-28-19)23-6-9-24-11-13-26-15-16-27-14-12-25-10-7-23/h1-5,8H,6-7,9-16H2. The minimum Gasteiger partial charge on any atom is -0.430 e. The van der Waals surface area contributed by atoms with Crippen molar-refractivity contribution < 1.29 is 23.4 Å². The van der Waals surface area contributed by atoms with Crippen molar-refractivity contribution >= 4 is 17.4 Å². The van der Waals surface area contributed by atoms with Gasteiger partial charge in [0, 0.05) is 18.8 Å². The van der Waals surface area contributed by atoms with Crippen molar-refractivity contribution in [1.29, 1.82) is 0 Å². The van der Waals surface area contributed by atoms with E-state index in [0.717, 1.165) is 24.5 Å². The molecule has 0 atom stereocenters. The molecule has 1 aromatic carbocycles. The molecule has 0 amide bonds. The largest absolute Gasteiger partial charge is 0.430 e. The molecule has 152 valence electrons. The van der Waals surface area contributed by atoms with Gasteiger partial charge in [0.05, 0.1) is 64.7 Å². The fourth-order valence-electron chi connectivity index (χ4n) is 2.58. The Morgan fingerprint density at radius 1 is 0.714 bits per heavy atom. The number of rotatable bonds is 3. The van der Waals surface area contributed by atoms with Gasteiger partial charge in [0.15, 0.2) is 0 Å². The molecule has 1 aliphatic rings. The van der Waals surface area contributed by atoms with Crippen molar-refractivity contribution in [3.8, 4) is 0 Å². The van der Waals surface area contributed by atoms with Crippen molar-refractivity contribution in [3.05, 3.63) is 36.7 Å². The highest BCUT2D eigenvalue weighted by Crippen LogP contribution is 2.21. The molecule has 0 saturated carbocycles. The van der Waals surface area contributed by atoms with Gasteiger partial charge in [0.25, 0.3) is 0 Å². The Balaban J connectivity index is 1.55. The summed E-state index contributed by atoms with van der Waals surface area (Å²) in [6, 6.07) is 8.05. The van der Waals surface area contributed by atoms with Gasteiger partial charge in [-0.15, -0.1) is 5.11 Å². The highest BCUT2D eigenvalue weighted by atomic mass is 16.6. The smallest absolute Gasteiger partial charge is 0.340 e. The molecule has 0 unspecified atom stereocenters. The molecule has 1 aromatic heterocycles. The Labute approximate surface area is 164 Å². The summed E-state index contributed by atoms with van der Waals surface area (Å²) in [6.07, 6.45) is 2.99. The van der Waals surface area contributed by atoms with Crippen LogP contribution in [0.2, 0.25) is 0 Å². The maximum atomic E-state index is 5.67. The van der Waals surface area contributed by atoms with E-state index >= 15 is 0 Å². The van der Waals surface area contributed by atoms with Crippen LogP contribution < -0.4 is 4.90 Å². The van der Waals surface area contributed by atoms with Crippen molar-refractivity contribution in [2.24, 2.45) is 10.2 Å². The SMILES string of the molecule is c1coc(N=Nc2ccc(N3CCOCCOCCOCCOCC3)cc2)n1. The zero-order valence-corrected chi connectivity index (χ0v) is 15.9. The summed E-state index contributed by atoms with van der Waals surface area (Å²) < 4.78 is 27.3. The minimum atomic E-state index is 0.233. The van der Waals surface area contributed by atoms with E-state index in [0.29, 0.717) is 52.9 Å². The van der Waals surface area contributed by atoms with Crippen LogP contribution in [0.1, 0.15) is 0 Å². The first-order chi connectivity index (χ1) is 13.9. The molecule has 0 spiro atoms. The number of benzene rings is 1. The van der Waals surface area contributed by atoms with E-state index in [1.165, 1.54) is 12.5 Å². The Morgan fingerprint density at radius 3 is 1.82 bits per heavy atom. The number of hydrogen-bond donors (Lipinski definition) is 0. The van der Waals surface area contributed by atoms with Gasteiger partial charge in [-0.05, 0) is 24.3 Å². The van der Waals surface area contributed by atoms with Crippen LogP contribution in [-0.2, 0) is 18.9 Å². The summed E-state index contributed by atoms with van der Waals surface area (Å²) >= 11 is 0. The van der Waals surface area contributed by atoms with Gasteiger partial charge < -0.3 is 28.3 Å². The first-order valence-electron chi connectivity index (χ1n) is 9.39. The van der Waals surface area contributed by atoms with E-state index in [2.05, 4.69) is 20.1 Å². The molecule has 9 heteroatoms. The minimum absolute atomic E-state index is 0.233. The lowest BCUT2D eigenvalue weighted by Gasteiger charge is -2.25. The van der Waals surface area contributed by atoms with E-state index < -0.39 is 0 Å². The fraction of sp³-hybridized carbons (Fsp3) is 0.526. The summed E-state index contributed by atoms with van der Waals surface area (Å²) in [5, 5.41) is 8.06. The molecule has 9 nitrogen and oxygen atoms in total. The molecule has 1 saturated heterocycles. The van der Waals surface area contributed by atoms with Crippen LogP contribution in [0.3, 0.4) is 0 Å². The first kappa shape index (κ1) is 20.4. The molecule has 28 heavy (non-hydrogen) atoms. The maximum absolute atomic E-state index is 5.67. The Kier molecular flexibility index (Phi) is 8.89. The average molecular weight is 390 g/mol. The summed E-state index contributed by atoms with van der Waals surface area (Å²) in [5.74, 6) is 0. The summed E-state index contributed by atoms with van der Waals surface area (Å²) in [5.41, 5.74) is 1.79. The Bertz CT molecular complexity index is 662. The van der Waals surface area contributed by atoms with E-state index in [4.69, 9.17) is 23.4 Å². The second-order valence-corrected chi connectivity index (χ2v) is 5.97. The maximum Gasteiger partial charge on any atom is 0.340 e. The lowest BCUT2D eigenvalue weighted by atomic mass is 10.2. The predicted octanol–water partition coefficient (Wildman–Crippen LogP) is 2.98. The highest BCUT2D eigenvalue weighted by Gasteiger charge is 2.07. The summed E-state index contributed by atoms with van der Waals surface area (Å²) in [4.78, 5) is 6.13. The number of hydrogen-bond acceptors (Lipinski definition) is 9. The number of oxazole rings is 1. The Morgan fingerprint density at radius 2 is 1.29 bits per heavy atom. The quantitative estimate of drug-likeness (QED) is 0.744. The van der Waals surface area contributed by atoms with Crippen LogP contribution >= 0.6 is 0 Å². The topological polar surface area (TPSA) is 90.9 Å².